The zero-order valence-electron chi connectivity index (χ0n) is 13.6. The van der Waals surface area contributed by atoms with E-state index in [4.69, 9.17) is 4.74 Å². The third-order valence-electron chi connectivity index (χ3n) is 2.44. The van der Waals surface area contributed by atoms with Gasteiger partial charge in [0, 0.05) is 6.07 Å². The molecule has 1 aromatic heterocycles. The van der Waals surface area contributed by atoms with Crippen LogP contribution >= 0.6 is 15.9 Å². The van der Waals surface area contributed by atoms with Crippen LogP contribution in [0.5, 0.6) is 5.88 Å². The Morgan fingerprint density at radius 3 is 2.36 bits per heavy atom. The molecule has 0 unspecified atom stereocenters. The van der Waals surface area contributed by atoms with Crippen LogP contribution in [-0.2, 0) is 9.53 Å². The number of rotatable bonds is 2. The zero-order valence-corrected chi connectivity index (χ0v) is 15.2. The maximum atomic E-state index is 10.7. The zero-order chi connectivity index (χ0) is 17.4. The van der Waals surface area contributed by atoms with Crippen molar-refractivity contribution in [2.45, 2.75) is 32.7 Å². The number of methoxy groups -OCH3 is 2. The van der Waals surface area contributed by atoms with Crippen LogP contribution < -0.4 is 10.1 Å². The summed E-state index contributed by atoms with van der Waals surface area (Å²) in [6, 6.07) is 5.48. The topological polar surface area (TPSA) is 60.5 Å². The van der Waals surface area contributed by atoms with E-state index in [1.54, 1.807) is 13.2 Å². The quantitative estimate of drug-likeness (QED) is 0.491. The van der Waals surface area contributed by atoms with E-state index in [1.165, 1.54) is 7.11 Å². The van der Waals surface area contributed by atoms with Gasteiger partial charge in [0.15, 0.2) is 0 Å². The van der Waals surface area contributed by atoms with Gasteiger partial charge in [-0.2, -0.15) is 0 Å². The monoisotopic (exact) mass is 372 g/mol. The van der Waals surface area contributed by atoms with Crippen molar-refractivity contribution in [1.82, 2.24) is 10.3 Å². The summed E-state index contributed by atoms with van der Waals surface area (Å²) in [5.41, 5.74) is 0. The van der Waals surface area contributed by atoms with Gasteiger partial charge in [0.1, 0.15) is 10.6 Å². The normalized spacial score (nSPS) is 14.8. The lowest BCUT2D eigenvalue weighted by molar-refractivity contribution is -0.142. The fraction of sp³-hybridized carbons (Fsp3) is 0.500. The predicted octanol–water partition coefficient (Wildman–Crippen LogP) is 3.04. The van der Waals surface area contributed by atoms with Gasteiger partial charge in [0.2, 0.25) is 5.88 Å². The molecule has 2 heterocycles. The number of nitrogens with zero attached hydrogens (tertiary/aromatic N) is 1. The molecule has 1 aliphatic heterocycles. The number of halogens is 1. The second kappa shape index (κ2) is 15.8. The largest absolute Gasteiger partial charge is 0.481 e. The lowest BCUT2D eigenvalue weighted by Gasteiger charge is -2.04. The lowest BCUT2D eigenvalue weighted by Crippen LogP contribution is -2.31. The fourth-order valence-corrected chi connectivity index (χ4v) is 1.86. The van der Waals surface area contributed by atoms with Crippen molar-refractivity contribution in [3.63, 3.8) is 0 Å². The molecule has 1 saturated heterocycles. The second-order valence-corrected chi connectivity index (χ2v) is 4.49. The highest BCUT2D eigenvalue weighted by atomic mass is 79.9. The first kappa shape index (κ1) is 22.7. The van der Waals surface area contributed by atoms with Gasteiger partial charge in [-0.1, -0.05) is 19.9 Å². The van der Waals surface area contributed by atoms with Crippen molar-refractivity contribution >= 4 is 21.9 Å². The Bertz CT molecular complexity index is 419. The first-order valence-electron chi connectivity index (χ1n) is 6.98. The molecule has 1 aliphatic rings. The maximum Gasteiger partial charge on any atom is 0.322 e. The number of terminal acetylenes is 1. The molecule has 1 fully saturated rings. The Balaban J connectivity index is 0. The van der Waals surface area contributed by atoms with Gasteiger partial charge in [0.25, 0.3) is 0 Å². The van der Waals surface area contributed by atoms with Crippen LogP contribution in [0.25, 0.3) is 0 Å². The highest BCUT2D eigenvalue weighted by molar-refractivity contribution is 9.10. The molecule has 0 bridgehead atoms. The van der Waals surface area contributed by atoms with Crippen LogP contribution in [0.4, 0.5) is 0 Å². The van der Waals surface area contributed by atoms with Gasteiger partial charge in [0.05, 0.1) is 14.2 Å². The number of pyridine rings is 1. The smallest absolute Gasteiger partial charge is 0.322 e. The van der Waals surface area contributed by atoms with Crippen LogP contribution in [0.1, 0.15) is 26.7 Å². The van der Waals surface area contributed by atoms with E-state index in [1.807, 2.05) is 26.0 Å². The van der Waals surface area contributed by atoms with Crippen molar-refractivity contribution in [2.24, 2.45) is 0 Å². The molecule has 0 aromatic carbocycles. The number of ether oxygens (including phenoxy) is 2. The summed E-state index contributed by atoms with van der Waals surface area (Å²) in [5.74, 6) is 0.497. The average molecular weight is 373 g/mol. The minimum Gasteiger partial charge on any atom is -0.481 e. The molecular formula is C16H25BrN2O3. The fourth-order valence-electron chi connectivity index (χ4n) is 1.53. The molecule has 6 heteroatoms. The predicted molar refractivity (Wildman–Crippen MR) is 92.8 cm³/mol. The summed E-state index contributed by atoms with van der Waals surface area (Å²) in [6.45, 7) is 4.94. The highest BCUT2D eigenvalue weighted by Gasteiger charge is 2.21. The third-order valence-corrected chi connectivity index (χ3v) is 2.89. The summed E-state index contributed by atoms with van der Waals surface area (Å²) in [4.78, 5) is 14.7. The van der Waals surface area contributed by atoms with Crippen molar-refractivity contribution in [3.8, 4) is 18.7 Å². The molecule has 124 valence electrons. The van der Waals surface area contributed by atoms with Crippen molar-refractivity contribution in [2.75, 3.05) is 20.8 Å². The number of esters is 1. The number of aromatic nitrogens is 1. The molecule has 22 heavy (non-hydrogen) atoms. The average Bonchev–Trinajstić information content (AvgIpc) is 3.13. The molecule has 0 spiro atoms. The van der Waals surface area contributed by atoms with Gasteiger partial charge >= 0.3 is 5.97 Å². The van der Waals surface area contributed by atoms with Gasteiger partial charge in [-0.3, -0.25) is 4.79 Å². The van der Waals surface area contributed by atoms with Gasteiger partial charge in [-0.25, -0.2) is 4.98 Å². The molecule has 5 nitrogen and oxygen atoms in total. The van der Waals surface area contributed by atoms with E-state index in [-0.39, 0.29) is 12.0 Å². The van der Waals surface area contributed by atoms with E-state index in [9.17, 15) is 4.79 Å². The summed E-state index contributed by atoms with van der Waals surface area (Å²) in [7, 11) is 3.01. The maximum absolute atomic E-state index is 10.7. The van der Waals surface area contributed by atoms with Gasteiger partial charge < -0.3 is 14.8 Å². The third kappa shape index (κ3) is 10.2. The van der Waals surface area contributed by atoms with Crippen LogP contribution in [0.15, 0.2) is 22.8 Å². The van der Waals surface area contributed by atoms with Crippen LogP contribution in [0, 0.1) is 12.8 Å². The van der Waals surface area contributed by atoms with Crippen molar-refractivity contribution < 1.29 is 14.3 Å². The molecule has 1 atom stereocenters. The van der Waals surface area contributed by atoms with Crippen molar-refractivity contribution in [3.05, 3.63) is 22.8 Å². The Kier molecular flexibility index (Phi) is 16.3. The standard InChI is InChI=1S/C6H6BrNO.C6H11NO2.C2H6.C2H2/c1-9-6-4-2-3-5(7)8-6;1-9-6(8)5-3-2-4-7-5;2*1-2/h2-4H,1H3;5,7H,2-4H2,1H3;1-2H3;1-2H/t;5-;;/m.0../s1. The summed E-state index contributed by atoms with van der Waals surface area (Å²) in [6.07, 6.45) is 10.0. The van der Waals surface area contributed by atoms with E-state index >= 15 is 0 Å². The van der Waals surface area contributed by atoms with E-state index in [0.717, 1.165) is 24.0 Å². The van der Waals surface area contributed by atoms with Gasteiger partial charge in [-0.15, -0.1) is 12.8 Å². The first-order valence-corrected chi connectivity index (χ1v) is 7.77. The van der Waals surface area contributed by atoms with E-state index in [0.29, 0.717) is 5.88 Å². The van der Waals surface area contributed by atoms with Crippen LogP contribution in [0.3, 0.4) is 0 Å². The Hall–Kier alpha value is -1.58. The molecular weight excluding hydrogens is 348 g/mol. The van der Waals surface area contributed by atoms with E-state index in [2.05, 4.69) is 43.8 Å². The van der Waals surface area contributed by atoms with Crippen LogP contribution in [-0.4, -0.2) is 37.8 Å². The first-order chi connectivity index (χ1) is 10.7. The summed E-state index contributed by atoms with van der Waals surface area (Å²) >= 11 is 3.21. The number of carbonyl (C=O) groups excluding carboxylic acids is 1. The lowest BCUT2D eigenvalue weighted by atomic mass is 10.2. The molecule has 0 saturated carbocycles. The van der Waals surface area contributed by atoms with Gasteiger partial charge in [-0.05, 0) is 41.4 Å². The molecule has 0 radical (unpaired) electrons. The summed E-state index contributed by atoms with van der Waals surface area (Å²) in [5, 5.41) is 3.03. The highest BCUT2D eigenvalue weighted by Crippen LogP contribution is 2.10. The minimum atomic E-state index is -0.132. The second-order valence-electron chi connectivity index (χ2n) is 3.67. The number of nitrogens with one attached hydrogen (secondary N) is 1. The Labute approximate surface area is 141 Å². The SMILES string of the molecule is C#C.CC.COC(=O)[C@@H]1CCCN1.COc1cccc(Br)n1. The van der Waals surface area contributed by atoms with Crippen molar-refractivity contribution in [1.29, 1.82) is 0 Å². The number of hydrogen-bond acceptors (Lipinski definition) is 5. The molecule has 0 amide bonds. The molecule has 2 rings (SSSR count). The Morgan fingerprint density at radius 1 is 1.36 bits per heavy atom. The molecule has 1 aromatic rings. The van der Waals surface area contributed by atoms with E-state index < -0.39 is 0 Å². The Morgan fingerprint density at radius 2 is 2.00 bits per heavy atom. The summed E-state index contributed by atoms with van der Waals surface area (Å²) < 4.78 is 10.2. The number of carbonyl (C=O) groups is 1. The minimum absolute atomic E-state index is 0.0324. The number of hydrogen-bond donors (Lipinski definition) is 1. The molecule has 1 N–H and O–H groups in total. The molecule has 0 aliphatic carbocycles. The van der Waals surface area contributed by atoms with Crippen LogP contribution in [0.2, 0.25) is 0 Å².